The van der Waals surface area contributed by atoms with Gasteiger partial charge in [-0.3, -0.25) is 0 Å². The molecular formula is C17H13Cl2N3O5S. The van der Waals surface area contributed by atoms with Crippen molar-refractivity contribution in [3.05, 3.63) is 64.0 Å². The van der Waals surface area contributed by atoms with Crippen LogP contribution in [0.4, 0.5) is 0 Å². The number of esters is 1. The zero-order chi connectivity index (χ0) is 20.3. The first-order chi connectivity index (χ1) is 13.3. The van der Waals surface area contributed by atoms with Gasteiger partial charge in [-0.2, -0.15) is 4.98 Å². The molecule has 0 atom stereocenters. The van der Waals surface area contributed by atoms with Crippen LogP contribution in [0.2, 0.25) is 10.0 Å². The van der Waals surface area contributed by atoms with Gasteiger partial charge in [-0.05, 0) is 30.3 Å². The molecule has 1 heterocycles. The Morgan fingerprint density at radius 3 is 2.64 bits per heavy atom. The zero-order valence-corrected chi connectivity index (χ0v) is 16.7. The summed E-state index contributed by atoms with van der Waals surface area (Å²) in [6.45, 7) is -0.279. The average molecular weight is 442 g/mol. The molecule has 3 aromatic rings. The largest absolute Gasteiger partial charge is 0.465 e. The SMILES string of the molecule is COC(=O)c1ccc(Cl)c(S(=O)(=O)NCc2nc(-c3ccccc3Cl)no2)c1. The summed E-state index contributed by atoms with van der Waals surface area (Å²) < 4.78 is 37.1. The topological polar surface area (TPSA) is 111 Å². The van der Waals surface area contributed by atoms with Gasteiger partial charge in [0, 0.05) is 5.56 Å². The van der Waals surface area contributed by atoms with E-state index in [-0.39, 0.29) is 33.7 Å². The number of hydrogen-bond acceptors (Lipinski definition) is 7. The lowest BCUT2D eigenvalue weighted by molar-refractivity contribution is 0.0600. The van der Waals surface area contributed by atoms with Gasteiger partial charge in [-0.1, -0.05) is 40.5 Å². The summed E-state index contributed by atoms with van der Waals surface area (Å²) in [6.07, 6.45) is 0. The van der Waals surface area contributed by atoms with Crippen molar-refractivity contribution in [2.24, 2.45) is 0 Å². The minimum atomic E-state index is -4.06. The smallest absolute Gasteiger partial charge is 0.337 e. The monoisotopic (exact) mass is 441 g/mol. The quantitative estimate of drug-likeness (QED) is 0.583. The number of rotatable bonds is 6. The first kappa shape index (κ1) is 20.3. The third-order valence-electron chi connectivity index (χ3n) is 3.64. The molecule has 0 fully saturated rings. The van der Waals surface area contributed by atoms with Crippen molar-refractivity contribution in [1.29, 1.82) is 0 Å². The Kier molecular flexibility index (Phi) is 5.99. The number of aromatic nitrogens is 2. The normalized spacial score (nSPS) is 11.4. The maximum Gasteiger partial charge on any atom is 0.337 e. The first-order valence-electron chi connectivity index (χ1n) is 7.77. The van der Waals surface area contributed by atoms with E-state index in [0.717, 1.165) is 6.07 Å². The van der Waals surface area contributed by atoms with Crippen molar-refractivity contribution in [2.75, 3.05) is 7.11 Å². The van der Waals surface area contributed by atoms with E-state index in [1.807, 2.05) is 0 Å². The molecule has 2 aromatic carbocycles. The molecule has 8 nitrogen and oxygen atoms in total. The standard InChI is InChI=1S/C17H13Cl2N3O5S/c1-26-17(23)10-6-7-13(19)14(8-10)28(24,25)20-9-15-21-16(22-27-15)11-4-2-3-5-12(11)18/h2-8,20H,9H2,1H3. The second kappa shape index (κ2) is 8.27. The summed E-state index contributed by atoms with van der Waals surface area (Å²) in [5.74, 6) is -0.432. The van der Waals surface area contributed by atoms with Crippen molar-refractivity contribution in [3.8, 4) is 11.4 Å². The van der Waals surface area contributed by atoms with Gasteiger partial charge in [0.2, 0.25) is 21.7 Å². The van der Waals surface area contributed by atoms with Gasteiger partial charge < -0.3 is 9.26 Å². The van der Waals surface area contributed by atoms with Gasteiger partial charge in [-0.15, -0.1) is 0 Å². The van der Waals surface area contributed by atoms with E-state index in [2.05, 4.69) is 19.6 Å². The van der Waals surface area contributed by atoms with Crippen LogP contribution >= 0.6 is 23.2 Å². The molecule has 0 spiro atoms. The lowest BCUT2D eigenvalue weighted by Crippen LogP contribution is -2.24. The molecule has 3 rings (SSSR count). The predicted octanol–water partition coefficient (Wildman–Crippen LogP) is 3.31. The summed E-state index contributed by atoms with van der Waals surface area (Å²) in [4.78, 5) is 15.5. The van der Waals surface area contributed by atoms with Gasteiger partial charge >= 0.3 is 5.97 Å². The molecule has 1 aromatic heterocycles. The van der Waals surface area contributed by atoms with Crippen LogP contribution in [0.3, 0.4) is 0 Å². The fraction of sp³-hybridized carbons (Fsp3) is 0.118. The van der Waals surface area contributed by atoms with Crippen molar-refractivity contribution in [3.63, 3.8) is 0 Å². The lowest BCUT2D eigenvalue weighted by Gasteiger charge is -2.08. The highest BCUT2D eigenvalue weighted by Crippen LogP contribution is 2.25. The van der Waals surface area contributed by atoms with Gasteiger partial charge in [0.1, 0.15) is 4.90 Å². The number of benzene rings is 2. The van der Waals surface area contributed by atoms with Gasteiger partial charge in [0.05, 0.1) is 29.3 Å². The molecule has 0 amide bonds. The number of methoxy groups -OCH3 is 1. The molecule has 28 heavy (non-hydrogen) atoms. The van der Waals surface area contributed by atoms with E-state index < -0.39 is 16.0 Å². The van der Waals surface area contributed by atoms with E-state index in [1.165, 1.54) is 19.2 Å². The van der Waals surface area contributed by atoms with Crippen molar-refractivity contribution in [2.45, 2.75) is 11.4 Å². The Balaban J connectivity index is 1.80. The Bertz CT molecular complexity index is 1130. The summed E-state index contributed by atoms with van der Waals surface area (Å²) in [5, 5.41) is 4.17. The van der Waals surface area contributed by atoms with Gasteiger partial charge in [0.15, 0.2) is 0 Å². The van der Waals surface area contributed by atoms with Crippen molar-refractivity contribution < 1.29 is 22.5 Å². The highest BCUT2D eigenvalue weighted by Gasteiger charge is 2.22. The van der Waals surface area contributed by atoms with E-state index in [0.29, 0.717) is 10.6 Å². The molecule has 146 valence electrons. The molecule has 0 aliphatic heterocycles. The zero-order valence-electron chi connectivity index (χ0n) is 14.3. The highest BCUT2D eigenvalue weighted by molar-refractivity contribution is 7.89. The van der Waals surface area contributed by atoms with E-state index in [4.69, 9.17) is 27.7 Å². The summed E-state index contributed by atoms with van der Waals surface area (Å²) >= 11 is 12.1. The number of sulfonamides is 1. The Hall–Kier alpha value is -2.46. The Morgan fingerprint density at radius 1 is 1.18 bits per heavy atom. The van der Waals surface area contributed by atoms with Crippen LogP contribution in [0, 0.1) is 0 Å². The lowest BCUT2D eigenvalue weighted by atomic mass is 10.2. The third kappa shape index (κ3) is 4.33. The van der Waals surface area contributed by atoms with Crippen molar-refractivity contribution in [1.82, 2.24) is 14.9 Å². The van der Waals surface area contributed by atoms with Crippen LogP contribution in [0.25, 0.3) is 11.4 Å². The summed E-state index contributed by atoms with van der Waals surface area (Å²) in [6, 6.07) is 10.7. The molecule has 0 radical (unpaired) electrons. The molecule has 0 saturated heterocycles. The predicted molar refractivity (Wildman–Crippen MR) is 102 cm³/mol. The Labute approximate surface area is 170 Å². The fourth-order valence-corrected chi connectivity index (χ4v) is 3.99. The number of nitrogens with one attached hydrogen (secondary N) is 1. The number of halogens is 2. The maximum atomic E-state index is 12.6. The molecule has 0 unspecified atom stereocenters. The van der Waals surface area contributed by atoms with Gasteiger partial charge in [-0.25, -0.2) is 17.9 Å². The number of nitrogens with zero attached hydrogens (tertiary/aromatic N) is 2. The number of carbonyl (C=O) groups is 1. The number of ether oxygens (including phenoxy) is 1. The third-order valence-corrected chi connectivity index (χ3v) is 5.85. The van der Waals surface area contributed by atoms with Crippen LogP contribution < -0.4 is 4.72 Å². The van der Waals surface area contributed by atoms with Crippen LogP contribution in [0.15, 0.2) is 51.9 Å². The second-order valence-electron chi connectivity index (χ2n) is 5.45. The molecule has 0 bridgehead atoms. The number of carbonyl (C=O) groups excluding carboxylic acids is 1. The molecule has 11 heteroatoms. The summed E-state index contributed by atoms with van der Waals surface area (Å²) in [7, 11) is -2.87. The van der Waals surface area contributed by atoms with E-state index >= 15 is 0 Å². The molecule has 0 aliphatic rings. The second-order valence-corrected chi connectivity index (χ2v) is 8.00. The maximum absolute atomic E-state index is 12.6. The minimum absolute atomic E-state index is 0.0266. The van der Waals surface area contributed by atoms with E-state index in [9.17, 15) is 13.2 Å². The molecule has 1 N–H and O–H groups in total. The minimum Gasteiger partial charge on any atom is -0.465 e. The van der Waals surface area contributed by atoms with E-state index in [1.54, 1.807) is 24.3 Å². The van der Waals surface area contributed by atoms with Crippen LogP contribution in [-0.4, -0.2) is 31.6 Å². The van der Waals surface area contributed by atoms with Crippen LogP contribution in [0.1, 0.15) is 16.2 Å². The average Bonchev–Trinajstić information content (AvgIpc) is 3.15. The summed E-state index contributed by atoms with van der Waals surface area (Å²) in [5.41, 5.74) is 0.599. The Morgan fingerprint density at radius 2 is 1.93 bits per heavy atom. The number of hydrogen-bond donors (Lipinski definition) is 1. The van der Waals surface area contributed by atoms with Gasteiger partial charge in [0.25, 0.3) is 0 Å². The van der Waals surface area contributed by atoms with Crippen LogP contribution in [-0.2, 0) is 21.3 Å². The van der Waals surface area contributed by atoms with Crippen LogP contribution in [0.5, 0.6) is 0 Å². The molecule has 0 saturated carbocycles. The molecular weight excluding hydrogens is 429 g/mol. The fourth-order valence-electron chi connectivity index (χ4n) is 2.27. The molecule has 0 aliphatic carbocycles. The first-order valence-corrected chi connectivity index (χ1v) is 10.0. The van der Waals surface area contributed by atoms with Crippen molar-refractivity contribution >= 4 is 39.2 Å². The highest BCUT2D eigenvalue weighted by atomic mass is 35.5.